The minimum atomic E-state index is -0.937. The highest BCUT2D eigenvalue weighted by atomic mass is 35.5. The van der Waals surface area contributed by atoms with E-state index in [2.05, 4.69) is 42.5 Å². The van der Waals surface area contributed by atoms with Crippen molar-refractivity contribution in [2.75, 3.05) is 0 Å². The zero-order valence-corrected chi connectivity index (χ0v) is 16.3. The van der Waals surface area contributed by atoms with Crippen LogP contribution in [-0.4, -0.2) is 5.11 Å². The topological polar surface area (TPSA) is 20.2 Å². The van der Waals surface area contributed by atoms with E-state index in [0.29, 0.717) is 5.02 Å². The summed E-state index contributed by atoms with van der Waals surface area (Å²) in [6.07, 6.45) is 0. The molecular formula is C21H17ClOS2. The molecule has 0 radical (unpaired) electrons. The van der Waals surface area contributed by atoms with Gasteiger partial charge in [-0.05, 0) is 60.9 Å². The minimum Gasteiger partial charge on any atom is -0.386 e. The predicted octanol–water partition coefficient (Wildman–Crippen LogP) is 6.85. The van der Waals surface area contributed by atoms with E-state index in [1.165, 1.54) is 19.6 Å². The highest BCUT2D eigenvalue weighted by Crippen LogP contribution is 2.52. The van der Waals surface area contributed by atoms with Crippen LogP contribution in [0.5, 0.6) is 0 Å². The number of hydrogen-bond donors (Lipinski definition) is 1. The molecule has 0 saturated heterocycles. The zero-order valence-electron chi connectivity index (χ0n) is 13.9. The molecule has 1 aliphatic heterocycles. The lowest BCUT2D eigenvalue weighted by Crippen LogP contribution is -2.17. The van der Waals surface area contributed by atoms with Crippen LogP contribution in [0.3, 0.4) is 0 Å². The average molecular weight is 385 g/mol. The van der Waals surface area contributed by atoms with Crippen LogP contribution < -0.4 is 0 Å². The first-order valence-corrected chi connectivity index (χ1v) is 10.0. The molecule has 3 aromatic carbocycles. The Bertz CT molecular complexity index is 960. The van der Waals surface area contributed by atoms with Gasteiger partial charge >= 0.3 is 0 Å². The summed E-state index contributed by atoms with van der Waals surface area (Å²) in [5, 5.41) is 11.3. The molecule has 4 heteroatoms. The van der Waals surface area contributed by atoms with E-state index in [1.54, 1.807) is 23.5 Å². The maximum atomic E-state index is 10.6. The zero-order chi connectivity index (χ0) is 17.6. The van der Waals surface area contributed by atoms with E-state index in [9.17, 15) is 5.11 Å². The number of fused-ring (bicyclic) bond motifs is 2. The Morgan fingerprint density at radius 2 is 1.48 bits per heavy atom. The van der Waals surface area contributed by atoms with Gasteiger partial charge in [-0.2, -0.15) is 0 Å². The molecule has 0 fully saturated rings. The lowest BCUT2D eigenvalue weighted by atomic mass is 9.89. The van der Waals surface area contributed by atoms with Crippen molar-refractivity contribution in [3.63, 3.8) is 0 Å². The minimum absolute atomic E-state index is 0.675. The Hall–Kier alpha value is -1.39. The van der Waals surface area contributed by atoms with E-state index >= 15 is 0 Å². The van der Waals surface area contributed by atoms with Crippen LogP contribution >= 0.6 is 35.1 Å². The third kappa shape index (κ3) is 3.22. The van der Waals surface area contributed by atoms with Crippen molar-refractivity contribution in [3.8, 4) is 11.1 Å². The van der Waals surface area contributed by atoms with E-state index in [-0.39, 0.29) is 0 Å². The maximum absolute atomic E-state index is 10.6. The van der Waals surface area contributed by atoms with Gasteiger partial charge in [-0.1, -0.05) is 65.5 Å². The van der Waals surface area contributed by atoms with Crippen LogP contribution in [0.1, 0.15) is 19.4 Å². The van der Waals surface area contributed by atoms with Gasteiger partial charge in [-0.3, -0.25) is 0 Å². The first-order valence-electron chi connectivity index (χ1n) is 8.04. The molecule has 0 aromatic heterocycles. The van der Waals surface area contributed by atoms with Crippen LogP contribution in [0.15, 0.2) is 80.2 Å². The lowest BCUT2D eigenvalue weighted by molar-refractivity contribution is 0.0792. The molecule has 0 saturated carbocycles. The summed E-state index contributed by atoms with van der Waals surface area (Å²) in [5.41, 5.74) is 2.05. The molecule has 0 bridgehead atoms. The standard InChI is InChI=1S/C21H17ClOS2/c1-21(2,23)16-11-10-13(22)12-15(16)14-6-5-9-19-20(14)25-18-8-4-3-7-17(18)24-19/h3-12,23H,1-2H3. The van der Waals surface area contributed by atoms with E-state index in [0.717, 1.165) is 16.7 Å². The summed E-state index contributed by atoms with van der Waals surface area (Å²) in [6.45, 7) is 3.62. The van der Waals surface area contributed by atoms with Crippen molar-refractivity contribution in [3.05, 3.63) is 71.2 Å². The van der Waals surface area contributed by atoms with E-state index in [1.807, 2.05) is 32.0 Å². The largest absolute Gasteiger partial charge is 0.386 e. The van der Waals surface area contributed by atoms with Gasteiger partial charge in [-0.25, -0.2) is 0 Å². The molecule has 3 aromatic rings. The predicted molar refractivity (Wildman–Crippen MR) is 107 cm³/mol. The first-order chi connectivity index (χ1) is 11.9. The molecule has 25 heavy (non-hydrogen) atoms. The second-order valence-corrected chi connectivity index (χ2v) is 9.11. The fourth-order valence-corrected chi connectivity index (χ4v) is 5.60. The second-order valence-electron chi connectivity index (χ2n) is 6.53. The van der Waals surface area contributed by atoms with Crippen molar-refractivity contribution in [2.45, 2.75) is 39.0 Å². The number of rotatable bonds is 2. The Balaban J connectivity index is 1.92. The Morgan fingerprint density at radius 3 is 2.20 bits per heavy atom. The molecule has 0 unspecified atom stereocenters. The molecule has 1 N–H and O–H groups in total. The highest BCUT2D eigenvalue weighted by Gasteiger charge is 2.25. The maximum Gasteiger partial charge on any atom is 0.0846 e. The lowest BCUT2D eigenvalue weighted by Gasteiger charge is -2.25. The van der Waals surface area contributed by atoms with Gasteiger partial charge in [0.2, 0.25) is 0 Å². The van der Waals surface area contributed by atoms with E-state index < -0.39 is 5.60 Å². The van der Waals surface area contributed by atoms with Crippen LogP contribution in [-0.2, 0) is 5.60 Å². The van der Waals surface area contributed by atoms with Crippen LogP contribution in [0.25, 0.3) is 11.1 Å². The monoisotopic (exact) mass is 384 g/mol. The molecular weight excluding hydrogens is 368 g/mol. The molecule has 1 heterocycles. The summed E-state index contributed by atoms with van der Waals surface area (Å²) in [6, 6.07) is 20.5. The van der Waals surface area contributed by atoms with Crippen LogP contribution in [0, 0.1) is 0 Å². The Morgan fingerprint density at radius 1 is 0.800 bits per heavy atom. The normalized spacial score (nSPS) is 13.3. The number of benzene rings is 3. The summed E-state index contributed by atoms with van der Waals surface area (Å²) >= 11 is 9.86. The SMILES string of the molecule is CC(C)(O)c1ccc(Cl)cc1-c1cccc2c1Sc1ccccc1S2. The number of aliphatic hydroxyl groups is 1. The average Bonchev–Trinajstić information content (AvgIpc) is 2.58. The fourth-order valence-electron chi connectivity index (χ4n) is 3.03. The van der Waals surface area contributed by atoms with Crippen LogP contribution in [0.4, 0.5) is 0 Å². The van der Waals surface area contributed by atoms with Gasteiger partial charge < -0.3 is 5.11 Å². The number of hydrogen-bond acceptors (Lipinski definition) is 3. The van der Waals surface area contributed by atoms with Gasteiger partial charge in [0.25, 0.3) is 0 Å². The molecule has 0 atom stereocenters. The Labute approximate surface area is 161 Å². The quantitative estimate of drug-likeness (QED) is 0.408. The molecule has 1 nitrogen and oxygen atoms in total. The second kappa shape index (κ2) is 6.40. The van der Waals surface area contributed by atoms with Crippen molar-refractivity contribution in [2.24, 2.45) is 0 Å². The summed E-state index contributed by atoms with van der Waals surface area (Å²) in [5.74, 6) is 0. The summed E-state index contributed by atoms with van der Waals surface area (Å²) in [4.78, 5) is 5.01. The van der Waals surface area contributed by atoms with Crippen molar-refractivity contribution >= 4 is 35.1 Å². The first kappa shape index (κ1) is 17.0. The third-order valence-electron chi connectivity index (χ3n) is 4.19. The van der Waals surface area contributed by atoms with Crippen LogP contribution in [0.2, 0.25) is 5.02 Å². The van der Waals surface area contributed by atoms with E-state index in [4.69, 9.17) is 11.6 Å². The van der Waals surface area contributed by atoms with Gasteiger partial charge in [-0.15, -0.1) is 0 Å². The fraction of sp³-hybridized carbons (Fsp3) is 0.143. The smallest absolute Gasteiger partial charge is 0.0846 e. The summed E-state index contributed by atoms with van der Waals surface area (Å²) in [7, 11) is 0. The highest BCUT2D eigenvalue weighted by molar-refractivity contribution is 8.05. The van der Waals surface area contributed by atoms with Crippen molar-refractivity contribution in [1.82, 2.24) is 0 Å². The molecule has 126 valence electrons. The third-order valence-corrected chi connectivity index (χ3v) is 7.04. The number of halogens is 1. The summed E-state index contributed by atoms with van der Waals surface area (Å²) < 4.78 is 0. The van der Waals surface area contributed by atoms with Crippen molar-refractivity contribution < 1.29 is 5.11 Å². The van der Waals surface area contributed by atoms with Crippen molar-refractivity contribution in [1.29, 1.82) is 0 Å². The molecule has 4 rings (SSSR count). The van der Waals surface area contributed by atoms with Gasteiger partial charge in [0.1, 0.15) is 0 Å². The Kier molecular flexibility index (Phi) is 4.37. The van der Waals surface area contributed by atoms with Gasteiger partial charge in [0, 0.05) is 24.6 Å². The van der Waals surface area contributed by atoms with Gasteiger partial charge in [0.15, 0.2) is 0 Å². The molecule has 1 aliphatic rings. The molecule has 0 amide bonds. The molecule has 0 spiro atoms. The van der Waals surface area contributed by atoms with Gasteiger partial charge in [0.05, 0.1) is 5.60 Å². The molecule has 0 aliphatic carbocycles.